The first-order valence-electron chi connectivity index (χ1n) is 5.31. The molecule has 0 spiro atoms. The SMILES string of the molecule is CC(C)N(CCC#N)C(=O)c1cnc(N)cn1. The van der Waals surface area contributed by atoms with Crippen molar-refractivity contribution in [3.05, 3.63) is 18.1 Å². The van der Waals surface area contributed by atoms with Crippen LogP contribution in [0.4, 0.5) is 5.82 Å². The number of nitrogens with zero attached hydrogens (tertiary/aromatic N) is 4. The fourth-order valence-corrected chi connectivity index (χ4v) is 1.36. The first-order chi connectivity index (χ1) is 8.06. The summed E-state index contributed by atoms with van der Waals surface area (Å²) in [4.78, 5) is 21.4. The van der Waals surface area contributed by atoms with E-state index >= 15 is 0 Å². The van der Waals surface area contributed by atoms with Crippen LogP contribution in [0.15, 0.2) is 12.4 Å². The Labute approximate surface area is 100 Å². The van der Waals surface area contributed by atoms with Gasteiger partial charge < -0.3 is 10.6 Å². The molecule has 17 heavy (non-hydrogen) atoms. The Hall–Kier alpha value is -2.16. The highest BCUT2D eigenvalue weighted by Gasteiger charge is 2.19. The average Bonchev–Trinajstić information content (AvgIpc) is 2.29. The van der Waals surface area contributed by atoms with Gasteiger partial charge >= 0.3 is 0 Å². The lowest BCUT2D eigenvalue weighted by Gasteiger charge is -2.25. The van der Waals surface area contributed by atoms with Gasteiger partial charge in [-0.2, -0.15) is 5.26 Å². The summed E-state index contributed by atoms with van der Waals surface area (Å²) in [6.45, 7) is 4.17. The first kappa shape index (κ1) is 12.9. The number of carbonyl (C=O) groups is 1. The van der Waals surface area contributed by atoms with Gasteiger partial charge in [0, 0.05) is 12.6 Å². The van der Waals surface area contributed by atoms with E-state index in [-0.39, 0.29) is 23.5 Å². The van der Waals surface area contributed by atoms with Crippen molar-refractivity contribution in [1.29, 1.82) is 5.26 Å². The van der Waals surface area contributed by atoms with Crippen LogP contribution in [0, 0.1) is 11.3 Å². The number of rotatable bonds is 4. The molecule has 0 radical (unpaired) electrons. The number of aromatic nitrogens is 2. The zero-order valence-electron chi connectivity index (χ0n) is 9.92. The van der Waals surface area contributed by atoms with E-state index in [0.717, 1.165) is 0 Å². The highest BCUT2D eigenvalue weighted by Crippen LogP contribution is 2.07. The van der Waals surface area contributed by atoms with Crippen LogP contribution in [0.3, 0.4) is 0 Å². The van der Waals surface area contributed by atoms with Gasteiger partial charge in [-0.15, -0.1) is 0 Å². The van der Waals surface area contributed by atoms with Crippen molar-refractivity contribution in [3.63, 3.8) is 0 Å². The monoisotopic (exact) mass is 233 g/mol. The maximum absolute atomic E-state index is 12.1. The summed E-state index contributed by atoms with van der Waals surface area (Å²) < 4.78 is 0. The molecule has 0 aliphatic carbocycles. The summed E-state index contributed by atoms with van der Waals surface area (Å²) >= 11 is 0. The third-order valence-corrected chi connectivity index (χ3v) is 2.24. The van der Waals surface area contributed by atoms with Crippen molar-refractivity contribution in [2.24, 2.45) is 0 Å². The molecule has 0 saturated carbocycles. The predicted octanol–water partition coefficient (Wildman–Crippen LogP) is 0.823. The predicted molar refractivity (Wildman–Crippen MR) is 62.8 cm³/mol. The second kappa shape index (κ2) is 5.80. The number of nitrogens with two attached hydrogens (primary N) is 1. The van der Waals surface area contributed by atoms with Crippen LogP contribution in [0.2, 0.25) is 0 Å². The number of hydrogen-bond donors (Lipinski definition) is 1. The molecule has 0 atom stereocenters. The number of amides is 1. The number of nitrogen functional groups attached to an aromatic ring is 1. The van der Waals surface area contributed by atoms with E-state index < -0.39 is 0 Å². The van der Waals surface area contributed by atoms with Crippen LogP contribution in [0.25, 0.3) is 0 Å². The summed E-state index contributed by atoms with van der Waals surface area (Å²) in [5, 5.41) is 8.55. The van der Waals surface area contributed by atoms with Gasteiger partial charge in [0.25, 0.3) is 5.91 Å². The highest BCUT2D eigenvalue weighted by molar-refractivity contribution is 5.92. The van der Waals surface area contributed by atoms with Crippen molar-refractivity contribution in [1.82, 2.24) is 14.9 Å². The normalized spacial score (nSPS) is 10.0. The van der Waals surface area contributed by atoms with E-state index in [9.17, 15) is 4.79 Å². The van der Waals surface area contributed by atoms with E-state index in [0.29, 0.717) is 13.0 Å². The Morgan fingerprint density at radius 1 is 1.53 bits per heavy atom. The minimum Gasteiger partial charge on any atom is -0.382 e. The fourth-order valence-electron chi connectivity index (χ4n) is 1.36. The molecule has 1 amide bonds. The molecule has 1 heterocycles. The van der Waals surface area contributed by atoms with Crippen LogP contribution >= 0.6 is 0 Å². The average molecular weight is 233 g/mol. The smallest absolute Gasteiger partial charge is 0.274 e. The van der Waals surface area contributed by atoms with Gasteiger partial charge in [-0.25, -0.2) is 9.97 Å². The minimum absolute atomic E-state index is 0.00945. The van der Waals surface area contributed by atoms with Gasteiger partial charge in [0.05, 0.1) is 24.9 Å². The highest BCUT2D eigenvalue weighted by atomic mass is 16.2. The number of hydrogen-bond acceptors (Lipinski definition) is 5. The van der Waals surface area contributed by atoms with Crippen molar-refractivity contribution in [2.45, 2.75) is 26.3 Å². The number of anilines is 1. The second-order valence-corrected chi connectivity index (χ2v) is 3.83. The lowest BCUT2D eigenvalue weighted by molar-refractivity contribution is 0.0704. The second-order valence-electron chi connectivity index (χ2n) is 3.83. The third kappa shape index (κ3) is 3.41. The van der Waals surface area contributed by atoms with Crippen molar-refractivity contribution in [3.8, 4) is 6.07 Å². The van der Waals surface area contributed by atoms with E-state index in [1.807, 2.05) is 19.9 Å². The van der Waals surface area contributed by atoms with Gasteiger partial charge in [-0.05, 0) is 13.8 Å². The molecule has 0 saturated heterocycles. The van der Waals surface area contributed by atoms with Gasteiger partial charge in [0.15, 0.2) is 0 Å². The molecule has 1 aromatic heterocycles. The van der Waals surface area contributed by atoms with Crippen LogP contribution in [-0.4, -0.2) is 33.4 Å². The van der Waals surface area contributed by atoms with E-state index in [1.54, 1.807) is 4.90 Å². The molecule has 2 N–H and O–H groups in total. The molecule has 1 aromatic rings. The molecule has 1 rings (SSSR count). The quantitative estimate of drug-likeness (QED) is 0.830. The third-order valence-electron chi connectivity index (χ3n) is 2.24. The molecule has 0 unspecified atom stereocenters. The summed E-state index contributed by atoms with van der Waals surface area (Å²) in [5.41, 5.74) is 5.64. The Balaban J connectivity index is 2.84. The Morgan fingerprint density at radius 2 is 2.24 bits per heavy atom. The van der Waals surface area contributed by atoms with Crippen LogP contribution in [0.1, 0.15) is 30.8 Å². The first-order valence-corrected chi connectivity index (χ1v) is 5.31. The topological polar surface area (TPSA) is 95.9 Å². The molecule has 0 aliphatic rings. The lowest BCUT2D eigenvalue weighted by Crippen LogP contribution is -2.38. The molecule has 0 bridgehead atoms. The maximum atomic E-state index is 12.1. The molecule has 90 valence electrons. The van der Waals surface area contributed by atoms with Crippen LogP contribution < -0.4 is 5.73 Å². The lowest BCUT2D eigenvalue weighted by atomic mass is 10.2. The van der Waals surface area contributed by atoms with Gasteiger partial charge in [-0.3, -0.25) is 4.79 Å². The maximum Gasteiger partial charge on any atom is 0.274 e. The zero-order valence-corrected chi connectivity index (χ0v) is 9.92. The standard InChI is InChI=1S/C11H15N5O/c1-8(2)16(5-3-4-12)11(17)9-6-15-10(13)7-14-9/h6-8H,3,5H2,1-2H3,(H2,13,15). The summed E-state index contributed by atoms with van der Waals surface area (Å²) in [6.07, 6.45) is 2.99. The van der Waals surface area contributed by atoms with Crippen LogP contribution in [-0.2, 0) is 0 Å². The fraction of sp³-hybridized carbons (Fsp3) is 0.455. The van der Waals surface area contributed by atoms with Gasteiger partial charge in [0.2, 0.25) is 0 Å². The van der Waals surface area contributed by atoms with Crippen molar-refractivity contribution >= 4 is 11.7 Å². The molecule has 0 aliphatic heterocycles. The number of carbonyl (C=O) groups excluding carboxylic acids is 1. The van der Waals surface area contributed by atoms with Gasteiger partial charge in [0.1, 0.15) is 11.5 Å². The van der Waals surface area contributed by atoms with E-state index in [2.05, 4.69) is 9.97 Å². The summed E-state index contributed by atoms with van der Waals surface area (Å²) in [5.74, 6) is 0.0393. The molecule has 0 aromatic carbocycles. The molecule has 6 heteroatoms. The molecule has 6 nitrogen and oxygen atoms in total. The Kier molecular flexibility index (Phi) is 4.40. The van der Waals surface area contributed by atoms with Crippen molar-refractivity contribution in [2.75, 3.05) is 12.3 Å². The molecular formula is C11H15N5O. The van der Waals surface area contributed by atoms with Crippen LogP contribution in [0.5, 0.6) is 0 Å². The summed E-state index contributed by atoms with van der Waals surface area (Å²) in [6, 6.07) is 2.03. The summed E-state index contributed by atoms with van der Waals surface area (Å²) in [7, 11) is 0. The largest absolute Gasteiger partial charge is 0.382 e. The van der Waals surface area contributed by atoms with Gasteiger partial charge in [-0.1, -0.05) is 0 Å². The van der Waals surface area contributed by atoms with E-state index in [1.165, 1.54) is 12.4 Å². The Bertz CT molecular complexity index is 420. The van der Waals surface area contributed by atoms with Crippen molar-refractivity contribution < 1.29 is 4.79 Å². The Morgan fingerprint density at radius 3 is 2.71 bits per heavy atom. The minimum atomic E-state index is -0.234. The molecule has 0 fully saturated rings. The number of nitriles is 1. The zero-order chi connectivity index (χ0) is 12.8. The molecular weight excluding hydrogens is 218 g/mol. The van der Waals surface area contributed by atoms with E-state index in [4.69, 9.17) is 11.0 Å².